The smallest absolute Gasteiger partial charge is 0.145 e. The van der Waals surface area contributed by atoms with Gasteiger partial charge in [-0.1, -0.05) is 0 Å². The Hall–Kier alpha value is -1.40. The van der Waals surface area contributed by atoms with Gasteiger partial charge in [0.2, 0.25) is 0 Å². The van der Waals surface area contributed by atoms with Crippen LogP contribution in [0.5, 0.6) is 0 Å². The third kappa shape index (κ3) is 2.96. The number of hydrogen-bond donors (Lipinski definition) is 3. The van der Waals surface area contributed by atoms with E-state index in [2.05, 4.69) is 27.6 Å². The van der Waals surface area contributed by atoms with Crippen LogP contribution in [0, 0.1) is 0 Å². The fraction of sp³-hybridized carbons (Fsp3) is 0.692. The number of hydrazine groups is 1. The Morgan fingerprint density at radius 2 is 1.95 bits per heavy atom. The van der Waals surface area contributed by atoms with Crippen LogP contribution >= 0.6 is 0 Å². The number of anilines is 2. The van der Waals surface area contributed by atoms with Crippen LogP contribution in [0.25, 0.3) is 0 Å². The van der Waals surface area contributed by atoms with E-state index in [4.69, 9.17) is 10.6 Å². The molecule has 1 aliphatic heterocycles. The van der Waals surface area contributed by atoms with E-state index in [0.29, 0.717) is 11.7 Å². The lowest BCUT2D eigenvalue weighted by atomic mass is 9.92. The van der Waals surface area contributed by atoms with Crippen LogP contribution in [-0.4, -0.2) is 28.7 Å². The van der Waals surface area contributed by atoms with Gasteiger partial charge in [0, 0.05) is 30.7 Å². The maximum atomic E-state index is 5.49. The number of nitrogen functional groups attached to an aromatic ring is 1. The molecule has 0 amide bonds. The highest BCUT2D eigenvalue weighted by Crippen LogP contribution is 2.39. The molecule has 0 radical (unpaired) electrons. The summed E-state index contributed by atoms with van der Waals surface area (Å²) in [4.78, 5) is 9.04. The molecule has 104 valence electrons. The van der Waals surface area contributed by atoms with E-state index in [1.807, 2.05) is 6.07 Å². The zero-order valence-electron chi connectivity index (χ0n) is 11.3. The molecule has 6 nitrogen and oxygen atoms in total. The van der Waals surface area contributed by atoms with E-state index in [1.165, 1.54) is 12.8 Å². The first-order chi connectivity index (χ1) is 9.18. The first kappa shape index (κ1) is 12.6. The summed E-state index contributed by atoms with van der Waals surface area (Å²) in [6.07, 6.45) is 4.33. The van der Waals surface area contributed by atoms with Gasteiger partial charge in [-0.3, -0.25) is 0 Å². The molecule has 4 N–H and O–H groups in total. The topological polar surface area (TPSA) is 85.1 Å². The minimum Gasteiger partial charge on any atom is -0.381 e. The van der Waals surface area contributed by atoms with Gasteiger partial charge in [-0.2, -0.15) is 0 Å². The number of nitrogens with two attached hydrogens (primary N) is 1. The van der Waals surface area contributed by atoms with Crippen molar-refractivity contribution < 1.29 is 4.74 Å². The predicted octanol–water partition coefficient (Wildman–Crippen LogP) is 1.62. The zero-order chi connectivity index (χ0) is 13.3. The largest absolute Gasteiger partial charge is 0.381 e. The van der Waals surface area contributed by atoms with Crippen LogP contribution in [0.15, 0.2) is 6.07 Å². The number of rotatable bonds is 4. The lowest BCUT2D eigenvalue weighted by Crippen LogP contribution is -2.41. The summed E-state index contributed by atoms with van der Waals surface area (Å²) in [5, 5.41) is 3.53. The fourth-order valence-electron chi connectivity index (χ4n) is 2.38. The van der Waals surface area contributed by atoms with Crippen LogP contribution < -0.4 is 16.6 Å². The minimum atomic E-state index is 0.0410. The second-order valence-corrected chi connectivity index (χ2v) is 5.71. The van der Waals surface area contributed by atoms with Crippen LogP contribution in [-0.2, 0) is 4.74 Å². The molecule has 0 bridgehead atoms. The van der Waals surface area contributed by atoms with E-state index in [9.17, 15) is 0 Å². The van der Waals surface area contributed by atoms with Gasteiger partial charge in [0.25, 0.3) is 0 Å². The molecule has 1 saturated carbocycles. The van der Waals surface area contributed by atoms with Crippen molar-refractivity contribution in [1.82, 2.24) is 9.97 Å². The van der Waals surface area contributed by atoms with Gasteiger partial charge < -0.3 is 15.5 Å². The van der Waals surface area contributed by atoms with Gasteiger partial charge >= 0.3 is 0 Å². The molecule has 1 saturated heterocycles. The van der Waals surface area contributed by atoms with Crippen molar-refractivity contribution in [3.05, 3.63) is 11.9 Å². The van der Waals surface area contributed by atoms with Crippen LogP contribution in [0.3, 0.4) is 0 Å². The molecule has 1 aliphatic carbocycles. The molecule has 0 atom stereocenters. The summed E-state index contributed by atoms with van der Waals surface area (Å²) in [7, 11) is 0. The Morgan fingerprint density at radius 3 is 2.58 bits per heavy atom. The maximum Gasteiger partial charge on any atom is 0.145 e. The van der Waals surface area contributed by atoms with Gasteiger partial charge in [-0.15, -0.1) is 0 Å². The van der Waals surface area contributed by atoms with E-state index >= 15 is 0 Å². The van der Waals surface area contributed by atoms with Crippen LogP contribution in [0.4, 0.5) is 11.6 Å². The summed E-state index contributed by atoms with van der Waals surface area (Å²) in [5.74, 6) is 8.43. The number of aromatic nitrogens is 2. The Kier molecular flexibility index (Phi) is 3.28. The first-order valence-electron chi connectivity index (χ1n) is 6.90. The Bertz CT molecular complexity index is 454. The first-order valence-corrected chi connectivity index (χ1v) is 6.90. The lowest BCUT2D eigenvalue weighted by Gasteiger charge is -2.35. The SMILES string of the molecule is CC1(Nc2cc(NN)nc(C3CC3)n2)CCOCC1. The summed E-state index contributed by atoms with van der Waals surface area (Å²) < 4.78 is 5.41. The number of ether oxygens (including phenoxy) is 1. The molecule has 0 spiro atoms. The third-order valence-electron chi connectivity index (χ3n) is 3.86. The quantitative estimate of drug-likeness (QED) is 0.565. The van der Waals surface area contributed by atoms with Gasteiger partial charge in [-0.05, 0) is 32.6 Å². The normalized spacial score (nSPS) is 22.0. The van der Waals surface area contributed by atoms with Crippen molar-refractivity contribution in [2.24, 2.45) is 5.84 Å². The molecular weight excluding hydrogens is 242 g/mol. The Morgan fingerprint density at radius 1 is 1.26 bits per heavy atom. The van der Waals surface area contributed by atoms with Crippen LogP contribution in [0.2, 0.25) is 0 Å². The van der Waals surface area contributed by atoms with E-state index in [1.54, 1.807) is 0 Å². The Balaban J connectivity index is 1.80. The summed E-state index contributed by atoms with van der Waals surface area (Å²) in [6.45, 7) is 3.81. The van der Waals surface area contributed by atoms with Gasteiger partial charge in [0.15, 0.2) is 0 Å². The number of nitrogens with zero attached hydrogens (tertiary/aromatic N) is 2. The second kappa shape index (κ2) is 4.94. The molecule has 0 aromatic carbocycles. The van der Waals surface area contributed by atoms with E-state index < -0.39 is 0 Å². The highest BCUT2D eigenvalue weighted by molar-refractivity contribution is 5.49. The minimum absolute atomic E-state index is 0.0410. The van der Waals surface area contributed by atoms with Crippen molar-refractivity contribution in [3.63, 3.8) is 0 Å². The molecule has 1 aromatic rings. The molecule has 0 unspecified atom stereocenters. The second-order valence-electron chi connectivity index (χ2n) is 5.71. The Labute approximate surface area is 113 Å². The van der Waals surface area contributed by atoms with Crippen molar-refractivity contribution in [3.8, 4) is 0 Å². The summed E-state index contributed by atoms with van der Waals surface area (Å²) >= 11 is 0. The van der Waals surface area contributed by atoms with E-state index in [0.717, 1.165) is 37.7 Å². The van der Waals surface area contributed by atoms with Gasteiger partial charge in [0.05, 0.1) is 0 Å². The highest BCUT2D eigenvalue weighted by Gasteiger charge is 2.30. The van der Waals surface area contributed by atoms with Crippen molar-refractivity contribution in [2.45, 2.75) is 44.1 Å². The fourth-order valence-corrected chi connectivity index (χ4v) is 2.38. The molecule has 2 fully saturated rings. The van der Waals surface area contributed by atoms with Crippen molar-refractivity contribution in [1.29, 1.82) is 0 Å². The average molecular weight is 263 g/mol. The molecule has 3 rings (SSSR count). The standard InChI is InChI=1S/C13H21N5O/c1-13(4-6-19-7-5-13)17-10-8-11(18-14)16-12(15-10)9-2-3-9/h8-9H,2-7,14H2,1H3,(H2,15,16,17,18). The van der Waals surface area contributed by atoms with Crippen molar-refractivity contribution >= 4 is 11.6 Å². The lowest BCUT2D eigenvalue weighted by molar-refractivity contribution is 0.0657. The molecule has 1 aromatic heterocycles. The predicted molar refractivity (Wildman–Crippen MR) is 73.9 cm³/mol. The average Bonchev–Trinajstić information content (AvgIpc) is 3.23. The van der Waals surface area contributed by atoms with Crippen molar-refractivity contribution in [2.75, 3.05) is 24.0 Å². The van der Waals surface area contributed by atoms with Gasteiger partial charge in [0.1, 0.15) is 17.5 Å². The summed E-state index contributed by atoms with van der Waals surface area (Å²) in [6, 6.07) is 1.87. The maximum absolute atomic E-state index is 5.49. The monoisotopic (exact) mass is 263 g/mol. The molecule has 2 heterocycles. The number of hydrogen-bond acceptors (Lipinski definition) is 6. The highest BCUT2D eigenvalue weighted by atomic mass is 16.5. The van der Waals surface area contributed by atoms with Gasteiger partial charge in [-0.25, -0.2) is 15.8 Å². The summed E-state index contributed by atoms with van der Waals surface area (Å²) in [5.41, 5.74) is 2.67. The zero-order valence-corrected chi connectivity index (χ0v) is 11.3. The molecule has 6 heteroatoms. The third-order valence-corrected chi connectivity index (χ3v) is 3.86. The van der Waals surface area contributed by atoms with E-state index in [-0.39, 0.29) is 5.54 Å². The number of nitrogens with one attached hydrogen (secondary N) is 2. The molecule has 19 heavy (non-hydrogen) atoms. The molecular formula is C13H21N5O. The van der Waals surface area contributed by atoms with Crippen LogP contribution in [0.1, 0.15) is 44.3 Å². The molecule has 2 aliphatic rings.